The molecule has 0 radical (unpaired) electrons. The monoisotopic (exact) mass is 292 g/mol. The van der Waals surface area contributed by atoms with E-state index in [-0.39, 0.29) is 0 Å². The van der Waals surface area contributed by atoms with Crippen LogP contribution in [0.15, 0.2) is 24.3 Å². The number of halogens is 1. The Kier molecular flexibility index (Phi) is 3.16. The second-order valence-electron chi connectivity index (χ2n) is 4.27. The zero-order chi connectivity index (χ0) is 13.4. The Hall–Kier alpha value is -1.59. The second-order valence-corrected chi connectivity index (χ2v) is 5.78. The predicted molar refractivity (Wildman–Crippen MR) is 79.7 cm³/mol. The average molecular weight is 293 g/mol. The summed E-state index contributed by atoms with van der Waals surface area (Å²) in [5.74, 6) is 0.500. The summed E-state index contributed by atoms with van der Waals surface area (Å²) in [5.41, 5.74) is 6.75. The molecule has 0 unspecified atom stereocenters. The molecule has 3 rings (SSSR count). The van der Waals surface area contributed by atoms with Crippen molar-refractivity contribution in [3.8, 4) is 0 Å². The lowest BCUT2D eigenvalue weighted by Crippen LogP contribution is -2.05. The number of benzene rings is 1. The van der Waals surface area contributed by atoms with Gasteiger partial charge in [0, 0.05) is 15.0 Å². The number of nitrogens with two attached hydrogens (primary N) is 1. The van der Waals surface area contributed by atoms with Gasteiger partial charge in [0.15, 0.2) is 5.82 Å². The fourth-order valence-electron chi connectivity index (χ4n) is 2.14. The van der Waals surface area contributed by atoms with E-state index >= 15 is 0 Å². The topological polar surface area (TPSA) is 56.7 Å². The van der Waals surface area contributed by atoms with Crippen LogP contribution in [0.2, 0.25) is 5.02 Å². The molecule has 6 heteroatoms. The van der Waals surface area contributed by atoms with Gasteiger partial charge in [0.1, 0.15) is 0 Å². The molecule has 0 aliphatic rings. The zero-order valence-corrected chi connectivity index (χ0v) is 12.0. The van der Waals surface area contributed by atoms with Crippen LogP contribution in [0.5, 0.6) is 0 Å². The Morgan fingerprint density at radius 3 is 2.89 bits per heavy atom. The Morgan fingerprint density at radius 2 is 2.16 bits per heavy atom. The molecule has 19 heavy (non-hydrogen) atoms. The van der Waals surface area contributed by atoms with Gasteiger partial charge in [-0.15, -0.1) is 16.4 Å². The molecule has 0 spiro atoms. The number of nitrogen functional groups attached to an aromatic ring is 1. The third-order valence-corrected chi connectivity index (χ3v) is 4.80. The number of aromatic nitrogens is 3. The van der Waals surface area contributed by atoms with Crippen molar-refractivity contribution in [1.82, 2.24) is 15.0 Å². The molecule has 1 aromatic carbocycles. The van der Waals surface area contributed by atoms with Crippen molar-refractivity contribution in [3.63, 3.8) is 0 Å². The normalized spacial score (nSPS) is 11.3. The van der Waals surface area contributed by atoms with Gasteiger partial charge in [-0.1, -0.05) is 41.9 Å². The lowest BCUT2D eigenvalue weighted by molar-refractivity contribution is 0.628. The molecule has 3 aromatic rings. The zero-order valence-electron chi connectivity index (χ0n) is 10.4. The highest BCUT2D eigenvalue weighted by Gasteiger charge is 2.14. The van der Waals surface area contributed by atoms with E-state index < -0.39 is 0 Å². The van der Waals surface area contributed by atoms with E-state index in [0.717, 1.165) is 27.4 Å². The highest BCUT2D eigenvalue weighted by atomic mass is 35.5. The van der Waals surface area contributed by atoms with Gasteiger partial charge in [-0.2, -0.15) is 0 Å². The molecule has 0 amide bonds. The lowest BCUT2D eigenvalue weighted by Gasteiger charge is -2.03. The van der Waals surface area contributed by atoms with E-state index in [1.807, 2.05) is 29.8 Å². The number of nitrogens with zero attached hydrogens (tertiary/aromatic N) is 3. The molecule has 2 N–H and O–H groups in total. The largest absolute Gasteiger partial charge is 0.381 e. The summed E-state index contributed by atoms with van der Waals surface area (Å²) >= 11 is 8.11. The van der Waals surface area contributed by atoms with Crippen LogP contribution in [0.25, 0.3) is 10.1 Å². The highest BCUT2D eigenvalue weighted by Crippen LogP contribution is 2.35. The van der Waals surface area contributed by atoms with Gasteiger partial charge in [-0.3, -0.25) is 0 Å². The molecule has 2 heterocycles. The summed E-state index contributed by atoms with van der Waals surface area (Å²) < 4.78 is 3.01. The number of hydrogen-bond acceptors (Lipinski definition) is 4. The summed E-state index contributed by atoms with van der Waals surface area (Å²) in [6.45, 7) is 2.66. The van der Waals surface area contributed by atoms with E-state index in [1.165, 1.54) is 4.70 Å². The number of fused-ring (bicyclic) bond motifs is 1. The third kappa shape index (κ3) is 2.09. The smallest absolute Gasteiger partial charge is 0.169 e. The molecular weight excluding hydrogens is 280 g/mol. The molecule has 98 valence electrons. The molecule has 0 atom stereocenters. The molecule has 4 nitrogen and oxygen atoms in total. The van der Waals surface area contributed by atoms with Gasteiger partial charge >= 0.3 is 0 Å². The molecule has 0 saturated carbocycles. The van der Waals surface area contributed by atoms with Crippen LogP contribution in [-0.4, -0.2) is 15.0 Å². The summed E-state index contributed by atoms with van der Waals surface area (Å²) in [6.07, 6.45) is 0.807. The number of anilines is 1. The average Bonchev–Trinajstić information content (AvgIpc) is 2.92. The van der Waals surface area contributed by atoms with Crippen LogP contribution >= 0.6 is 22.9 Å². The number of thiophene rings is 1. The minimum Gasteiger partial charge on any atom is -0.381 e. The van der Waals surface area contributed by atoms with Gasteiger partial charge in [0.2, 0.25) is 0 Å². The maximum absolute atomic E-state index is 6.43. The van der Waals surface area contributed by atoms with Gasteiger partial charge in [0.25, 0.3) is 0 Å². The maximum atomic E-state index is 6.43. The van der Waals surface area contributed by atoms with Gasteiger partial charge in [0.05, 0.1) is 17.3 Å². The van der Waals surface area contributed by atoms with E-state index in [2.05, 4.69) is 16.4 Å². The number of hydrogen-bond donors (Lipinski definition) is 1. The fourth-order valence-corrected chi connectivity index (χ4v) is 3.61. The van der Waals surface area contributed by atoms with Crippen molar-refractivity contribution in [3.05, 3.63) is 39.9 Å². The van der Waals surface area contributed by atoms with Gasteiger partial charge < -0.3 is 5.73 Å². The molecule has 0 aliphatic heterocycles. The molecule has 0 fully saturated rings. The minimum absolute atomic E-state index is 0.500. The van der Waals surface area contributed by atoms with Crippen molar-refractivity contribution in [1.29, 1.82) is 0 Å². The van der Waals surface area contributed by atoms with Gasteiger partial charge in [-0.25, -0.2) is 4.68 Å². The maximum Gasteiger partial charge on any atom is 0.169 e. The quantitative estimate of drug-likeness (QED) is 0.805. The van der Waals surface area contributed by atoms with Crippen molar-refractivity contribution in [2.75, 3.05) is 5.73 Å². The van der Waals surface area contributed by atoms with Crippen LogP contribution in [0.1, 0.15) is 17.5 Å². The van der Waals surface area contributed by atoms with Crippen LogP contribution < -0.4 is 5.73 Å². The molecule has 2 aromatic heterocycles. The molecule has 0 bridgehead atoms. The van der Waals surface area contributed by atoms with Crippen molar-refractivity contribution in [2.45, 2.75) is 19.9 Å². The van der Waals surface area contributed by atoms with E-state index in [4.69, 9.17) is 17.3 Å². The predicted octanol–water partition coefficient (Wildman–Crippen LogP) is 3.34. The first-order valence-corrected chi connectivity index (χ1v) is 7.24. The lowest BCUT2D eigenvalue weighted by atomic mass is 10.2. The van der Waals surface area contributed by atoms with Crippen LogP contribution in [0.4, 0.5) is 5.82 Å². The Morgan fingerprint density at radius 1 is 1.37 bits per heavy atom. The first-order chi connectivity index (χ1) is 9.20. The number of rotatable bonds is 3. The standard InChI is InChI=1S/C13H13ClN4S/c1-2-9-13(15)16-17-18(9)7-11-12(14)8-5-3-4-6-10(8)19-11/h3-6H,2,7,15H2,1H3. The van der Waals surface area contributed by atoms with E-state index in [0.29, 0.717) is 12.4 Å². The Balaban J connectivity index is 2.03. The molecule has 0 saturated heterocycles. The summed E-state index contributed by atoms with van der Waals surface area (Å²) in [5, 5.41) is 9.90. The van der Waals surface area contributed by atoms with Crippen molar-refractivity contribution in [2.24, 2.45) is 0 Å². The second kappa shape index (κ2) is 4.83. The Labute approximate surface area is 119 Å². The van der Waals surface area contributed by atoms with Crippen LogP contribution in [0.3, 0.4) is 0 Å². The SMILES string of the molecule is CCc1c(N)nnn1Cc1sc2ccccc2c1Cl. The summed E-state index contributed by atoms with van der Waals surface area (Å²) in [6, 6.07) is 8.12. The first-order valence-electron chi connectivity index (χ1n) is 6.04. The highest BCUT2D eigenvalue weighted by molar-refractivity contribution is 7.19. The van der Waals surface area contributed by atoms with Gasteiger partial charge in [-0.05, 0) is 12.5 Å². The van der Waals surface area contributed by atoms with E-state index in [9.17, 15) is 0 Å². The molecule has 0 aliphatic carbocycles. The Bertz CT molecular complexity index is 731. The van der Waals surface area contributed by atoms with Crippen molar-refractivity contribution < 1.29 is 0 Å². The fraction of sp³-hybridized carbons (Fsp3) is 0.231. The third-order valence-electron chi connectivity index (χ3n) is 3.10. The summed E-state index contributed by atoms with van der Waals surface area (Å²) in [7, 11) is 0. The minimum atomic E-state index is 0.500. The van der Waals surface area contributed by atoms with E-state index in [1.54, 1.807) is 11.3 Å². The van der Waals surface area contributed by atoms with Crippen molar-refractivity contribution >= 4 is 38.8 Å². The molecular formula is C13H13ClN4S. The first kappa shape index (κ1) is 12.4. The van der Waals surface area contributed by atoms with Crippen LogP contribution in [0, 0.1) is 0 Å². The van der Waals surface area contributed by atoms with Crippen LogP contribution in [-0.2, 0) is 13.0 Å². The summed E-state index contributed by atoms with van der Waals surface area (Å²) in [4.78, 5) is 1.09.